The fourth-order valence-corrected chi connectivity index (χ4v) is 6.86. The number of carbonyl (C=O) groups is 2. The van der Waals surface area contributed by atoms with Crippen LogP contribution in [-0.4, -0.2) is 56.6 Å². The third kappa shape index (κ3) is 7.86. The first-order valence-electron chi connectivity index (χ1n) is 14.3. The number of nitrogens with zero attached hydrogens (tertiary/aromatic N) is 2. The van der Waals surface area contributed by atoms with E-state index in [0.29, 0.717) is 18.0 Å². The van der Waals surface area contributed by atoms with Gasteiger partial charge in [-0.2, -0.15) is 0 Å². The lowest BCUT2D eigenvalue weighted by atomic mass is 10.1. The van der Waals surface area contributed by atoms with Gasteiger partial charge in [-0.1, -0.05) is 43.2 Å². The Balaban J connectivity index is 1.67. The zero-order chi connectivity index (χ0) is 30.1. The molecule has 1 fully saturated rings. The van der Waals surface area contributed by atoms with E-state index in [9.17, 15) is 18.0 Å². The van der Waals surface area contributed by atoms with Crippen LogP contribution in [0.15, 0.2) is 88.7 Å². The van der Waals surface area contributed by atoms with Gasteiger partial charge in [0.15, 0.2) is 0 Å². The Morgan fingerprint density at radius 3 is 2.21 bits per heavy atom. The second-order valence-corrected chi connectivity index (χ2v) is 13.0. The van der Waals surface area contributed by atoms with E-state index in [1.807, 2.05) is 43.5 Å². The van der Waals surface area contributed by atoms with E-state index in [0.717, 1.165) is 40.4 Å². The lowest BCUT2D eigenvalue weighted by Crippen LogP contribution is -2.52. The molecule has 0 spiro atoms. The Kier molecular flexibility index (Phi) is 10.9. The summed E-state index contributed by atoms with van der Waals surface area (Å²) in [5, 5.41) is 3.09. The number of nitrogens with one attached hydrogen (secondary N) is 1. The van der Waals surface area contributed by atoms with Crippen molar-refractivity contribution in [1.29, 1.82) is 0 Å². The number of sulfonamides is 1. The molecular formula is C32H39N3O5S2. The predicted octanol–water partition coefficient (Wildman–Crippen LogP) is 5.48. The van der Waals surface area contributed by atoms with E-state index < -0.39 is 28.5 Å². The van der Waals surface area contributed by atoms with Crippen LogP contribution in [0.2, 0.25) is 0 Å². The summed E-state index contributed by atoms with van der Waals surface area (Å²) >= 11 is 1.51. The lowest BCUT2D eigenvalue weighted by molar-refractivity contribution is -0.139. The molecule has 1 atom stereocenters. The Morgan fingerprint density at radius 1 is 0.976 bits per heavy atom. The molecule has 3 aromatic carbocycles. The zero-order valence-corrected chi connectivity index (χ0v) is 26.0. The van der Waals surface area contributed by atoms with Crippen LogP contribution in [0, 0.1) is 0 Å². The van der Waals surface area contributed by atoms with Crippen LogP contribution < -0.4 is 14.4 Å². The predicted molar refractivity (Wildman–Crippen MR) is 167 cm³/mol. The van der Waals surface area contributed by atoms with Gasteiger partial charge in [0.2, 0.25) is 11.8 Å². The molecule has 4 rings (SSSR count). The van der Waals surface area contributed by atoms with Gasteiger partial charge in [0.25, 0.3) is 10.0 Å². The smallest absolute Gasteiger partial charge is 0.264 e. The summed E-state index contributed by atoms with van der Waals surface area (Å²) in [5.41, 5.74) is 1.16. The molecule has 10 heteroatoms. The molecule has 1 aliphatic carbocycles. The number of hydrogen-bond donors (Lipinski definition) is 1. The van der Waals surface area contributed by atoms with Gasteiger partial charge in [0, 0.05) is 17.5 Å². The number of anilines is 1. The molecule has 0 bridgehead atoms. The molecule has 3 aromatic rings. The first-order valence-corrected chi connectivity index (χ1v) is 16.9. The number of carbonyl (C=O) groups excluding carboxylic acids is 2. The molecule has 224 valence electrons. The van der Waals surface area contributed by atoms with Gasteiger partial charge in [0.05, 0.1) is 17.2 Å². The van der Waals surface area contributed by atoms with Crippen LogP contribution in [-0.2, 0) is 26.2 Å². The van der Waals surface area contributed by atoms with Gasteiger partial charge in [-0.05, 0) is 87.0 Å². The first-order chi connectivity index (χ1) is 20.2. The van der Waals surface area contributed by atoms with E-state index in [1.54, 1.807) is 55.5 Å². The number of ether oxygens (including phenoxy) is 1. The van der Waals surface area contributed by atoms with Crippen molar-refractivity contribution in [3.05, 3.63) is 84.4 Å². The van der Waals surface area contributed by atoms with Gasteiger partial charge >= 0.3 is 0 Å². The van der Waals surface area contributed by atoms with E-state index in [1.165, 1.54) is 16.7 Å². The SMILES string of the molecule is CCOc1ccc(N(CC(=O)N(Cc2ccccc2)[C@@H](C)C(=O)NC2CCCC2)S(=O)(=O)c2ccc(SC)cc2)cc1. The molecule has 1 saturated carbocycles. The van der Waals surface area contributed by atoms with Crippen molar-refractivity contribution < 1.29 is 22.7 Å². The maximum absolute atomic E-state index is 14.1. The minimum atomic E-state index is -4.14. The summed E-state index contributed by atoms with van der Waals surface area (Å²) in [4.78, 5) is 29.9. The number of rotatable bonds is 13. The minimum absolute atomic E-state index is 0.0728. The molecule has 0 aliphatic heterocycles. The van der Waals surface area contributed by atoms with Crippen LogP contribution in [0.25, 0.3) is 0 Å². The highest BCUT2D eigenvalue weighted by molar-refractivity contribution is 7.98. The van der Waals surface area contributed by atoms with Crippen molar-refractivity contribution in [1.82, 2.24) is 10.2 Å². The van der Waals surface area contributed by atoms with E-state index in [2.05, 4.69) is 5.32 Å². The largest absolute Gasteiger partial charge is 0.494 e. The van der Waals surface area contributed by atoms with Crippen molar-refractivity contribution in [2.75, 3.05) is 23.7 Å². The lowest BCUT2D eigenvalue weighted by Gasteiger charge is -2.32. The van der Waals surface area contributed by atoms with E-state index in [-0.39, 0.29) is 23.4 Å². The fourth-order valence-electron chi connectivity index (χ4n) is 5.03. The molecule has 0 unspecified atom stereocenters. The first kappa shape index (κ1) is 31.4. The molecule has 0 heterocycles. The third-order valence-corrected chi connectivity index (χ3v) is 9.96. The monoisotopic (exact) mass is 609 g/mol. The molecular weight excluding hydrogens is 571 g/mol. The van der Waals surface area contributed by atoms with Crippen molar-refractivity contribution in [3.8, 4) is 5.75 Å². The Labute approximate surface area is 253 Å². The quantitative estimate of drug-likeness (QED) is 0.258. The highest BCUT2D eigenvalue weighted by atomic mass is 32.2. The second kappa shape index (κ2) is 14.6. The van der Waals surface area contributed by atoms with Crippen LogP contribution in [0.4, 0.5) is 5.69 Å². The van der Waals surface area contributed by atoms with Gasteiger partial charge in [-0.3, -0.25) is 13.9 Å². The second-order valence-electron chi connectivity index (χ2n) is 10.3. The van der Waals surface area contributed by atoms with Crippen molar-refractivity contribution in [2.24, 2.45) is 0 Å². The Morgan fingerprint density at radius 2 is 1.62 bits per heavy atom. The minimum Gasteiger partial charge on any atom is -0.494 e. The molecule has 0 saturated heterocycles. The van der Waals surface area contributed by atoms with Crippen LogP contribution in [0.1, 0.15) is 45.1 Å². The molecule has 1 aliphatic rings. The average molecular weight is 610 g/mol. The molecule has 0 radical (unpaired) electrons. The van der Waals surface area contributed by atoms with Gasteiger partial charge in [-0.25, -0.2) is 8.42 Å². The summed E-state index contributed by atoms with van der Waals surface area (Å²) < 4.78 is 34.7. The average Bonchev–Trinajstić information content (AvgIpc) is 3.52. The summed E-state index contributed by atoms with van der Waals surface area (Å²) in [6, 6.07) is 21.9. The molecule has 8 nitrogen and oxygen atoms in total. The number of hydrogen-bond acceptors (Lipinski definition) is 6. The fraction of sp³-hybridized carbons (Fsp3) is 0.375. The summed E-state index contributed by atoms with van der Waals surface area (Å²) in [6.45, 7) is 3.72. The zero-order valence-electron chi connectivity index (χ0n) is 24.4. The van der Waals surface area contributed by atoms with Gasteiger partial charge < -0.3 is 15.0 Å². The normalized spacial score (nSPS) is 14.3. The van der Waals surface area contributed by atoms with Crippen molar-refractivity contribution in [2.45, 2.75) is 68.0 Å². The van der Waals surface area contributed by atoms with Gasteiger partial charge in [0.1, 0.15) is 18.3 Å². The summed E-state index contributed by atoms with van der Waals surface area (Å²) in [7, 11) is -4.14. The highest BCUT2D eigenvalue weighted by Crippen LogP contribution is 2.28. The molecule has 2 amide bonds. The maximum Gasteiger partial charge on any atom is 0.264 e. The molecule has 42 heavy (non-hydrogen) atoms. The van der Waals surface area contributed by atoms with Crippen LogP contribution >= 0.6 is 11.8 Å². The number of thioether (sulfide) groups is 1. The highest BCUT2D eigenvalue weighted by Gasteiger charge is 2.33. The molecule has 0 aromatic heterocycles. The maximum atomic E-state index is 14.1. The number of amides is 2. The Bertz CT molecular complexity index is 1430. The topological polar surface area (TPSA) is 96.0 Å². The van der Waals surface area contributed by atoms with E-state index >= 15 is 0 Å². The van der Waals surface area contributed by atoms with Crippen molar-refractivity contribution in [3.63, 3.8) is 0 Å². The standard InChI is InChI=1S/C32H39N3O5S2/c1-4-40-28-16-14-27(15-17-28)35(42(38,39)30-20-18-29(41-3)19-21-30)23-31(36)34(22-25-10-6-5-7-11-25)24(2)32(37)33-26-12-8-9-13-26/h5-7,10-11,14-21,24,26H,4,8-9,12-13,22-23H2,1-3H3,(H,33,37)/t24-/m0/s1. The summed E-state index contributed by atoms with van der Waals surface area (Å²) in [5.74, 6) is -0.127. The van der Waals surface area contributed by atoms with Crippen LogP contribution in [0.5, 0.6) is 5.75 Å². The molecule has 1 N–H and O–H groups in total. The van der Waals surface area contributed by atoms with E-state index in [4.69, 9.17) is 4.74 Å². The summed E-state index contributed by atoms with van der Waals surface area (Å²) in [6.07, 6.45) is 5.89. The third-order valence-electron chi connectivity index (χ3n) is 7.43. The van der Waals surface area contributed by atoms with Gasteiger partial charge in [-0.15, -0.1) is 11.8 Å². The van der Waals surface area contributed by atoms with Crippen molar-refractivity contribution >= 4 is 39.3 Å². The van der Waals surface area contributed by atoms with Crippen LogP contribution in [0.3, 0.4) is 0 Å². The Hall–Kier alpha value is -3.50. The number of benzene rings is 3.